The topological polar surface area (TPSA) is 343 Å². The first-order valence-electron chi connectivity index (χ1n) is 17.7. The maximum Gasteiger partial charge on any atom is 0.316 e. The first-order chi connectivity index (χ1) is 25.8. The summed E-state index contributed by atoms with van der Waals surface area (Å²) in [4.78, 5) is 8.50. The quantitative estimate of drug-likeness (QED) is 0.0914. The van der Waals surface area contributed by atoms with Gasteiger partial charge in [0.2, 0.25) is 0 Å². The normalized spacial score (nSPS) is 43.5. The summed E-state index contributed by atoms with van der Waals surface area (Å²) >= 11 is 0. The third-order valence-corrected chi connectivity index (χ3v) is 10.3. The Kier molecular flexibility index (Phi) is 32.0. The molecule has 0 aromatic carbocycles. The van der Waals surface area contributed by atoms with Crippen molar-refractivity contribution in [3.63, 3.8) is 0 Å². The van der Waals surface area contributed by atoms with E-state index in [1.807, 2.05) is 0 Å². The van der Waals surface area contributed by atoms with E-state index in [0.717, 1.165) is 0 Å². The SMILES string of the molecule is COC1OC(CO)C(O)C(O)C1C.COC1OC(CO)C(O)C(O)C1C.COC1OC(CO)C(O)C(O)C1C.COC1OC(CO[PH](=O)O)C(O)C(O)C1C.[W].[Y]. The van der Waals surface area contributed by atoms with Gasteiger partial charge in [-0.2, -0.15) is 0 Å². The Bertz CT molecular complexity index is 919. The number of methoxy groups -OCH3 is 4. The summed E-state index contributed by atoms with van der Waals surface area (Å²) in [6.07, 6.45) is -13.7. The van der Waals surface area contributed by atoms with Crippen LogP contribution in [-0.4, -0.2) is 214 Å². The first-order valence-corrected chi connectivity index (χ1v) is 18.9. The van der Waals surface area contributed by atoms with Crippen molar-refractivity contribution in [2.75, 3.05) is 54.9 Å². The fraction of sp³-hybridized carbons (Fsp3) is 1.00. The van der Waals surface area contributed by atoms with E-state index in [0.29, 0.717) is 0 Å². The van der Waals surface area contributed by atoms with Crippen molar-refractivity contribution in [1.82, 2.24) is 0 Å². The van der Waals surface area contributed by atoms with Crippen molar-refractivity contribution >= 4 is 8.25 Å². The van der Waals surface area contributed by atoms with Gasteiger partial charge in [0.05, 0.1) is 50.8 Å². The van der Waals surface area contributed by atoms with E-state index in [4.69, 9.17) is 58.1 Å². The summed E-state index contributed by atoms with van der Waals surface area (Å²) in [6, 6.07) is 0. The summed E-state index contributed by atoms with van der Waals surface area (Å²) < 4.78 is 55.6. The fourth-order valence-corrected chi connectivity index (χ4v) is 6.41. The van der Waals surface area contributed by atoms with Crippen molar-refractivity contribution in [3.8, 4) is 0 Å². The van der Waals surface area contributed by atoms with Crippen molar-refractivity contribution in [1.29, 1.82) is 0 Å². The van der Waals surface area contributed by atoms with Crippen molar-refractivity contribution < 1.29 is 162 Å². The van der Waals surface area contributed by atoms with Crippen LogP contribution in [0.5, 0.6) is 0 Å². The monoisotopic (exact) mass is 1110 g/mol. The minimum Gasteiger partial charge on any atom is -0.394 e. The molecule has 4 heterocycles. The van der Waals surface area contributed by atoms with Gasteiger partial charge >= 0.3 is 8.25 Å². The largest absolute Gasteiger partial charge is 0.394 e. The second-order valence-corrected chi connectivity index (χ2v) is 14.4. The predicted molar refractivity (Wildman–Crippen MR) is 186 cm³/mol. The Hall–Kier alpha value is 1.18. The molecule has 22 nitrogen and oxygen atoms in total. The number of aliphatic hydroxyl groups excluding tert-OH is 11. The van der Waals surface area contributed by atoms with E-state index in [1.54, 1.807) is 27.7 Å². The second-order valence-electron chi connectivity index (χ2n) is 13.6. The third-order valence-electron chi connectivity index (χ3n) is 9.87. The first kappa shape index (κ1) is 60.3. The van der Waals surface area contributed by atoms with Crippen LogP contribution in [0, 0.1) is 23.7 Å². The summed E-state index contributed by atoms with van der Waals surface area (Å²) in [5, 5.41) is 103. The molecule has 0 aromatic rings. The average molecular weight is 1110 g/mol. The van der Waals surface area contributed by atoms with Crippen LogP contribution in [0.4, 0.5) is 0 Å². The zero-order valence-electron chi connectivity index (χ0n) is 33.3. The van der Waals surface area contributed by atoms with Gasteiger partial charge in [-0.3, -0.25) is 4.57 Å². The number of rotatable bonds is 10. The Labute approximate surface area is 372 Å². The number of aliphatic hydroxyl groups is 11. The van der Waals surface area contributed by atoms with Gasteiger partial charge in [-0.05, 0) is 0 Å². The molecule has 4 aliphatic heterocycles. The second kappa shape index (κ2) is 30.3. The molecule has 1 radical (unpaired) electrons. The van der Waals surface area contributed by atoms with Crippen LogP contribution in [0.15, 0.2) is 0 Å². The molecular weight excluding hydrogens is 1040 g/mol. The molecule has 0 saturated carbocycles. The molecule has 0 bridgehead atoms. The molecule has 12 N–H and O–H groups in total. The number of ether oxygens (including phenoxy) is 8. The van der Waals surface area contributed by atoms with Crippen molar-refractivity contribution in [3.05, 3.63) is 0 Å². The zero-order chi connectivity index (χ0) is 42.3. The predicted octanol–water partition coefficient (Wildman–Crippen LogP) is -4.77. The molecule has 21 unspecified atom stereocenters. The molecule has 4 aliphatic rings. The van der Waals surface area contributed by atoms with E-state index in [2.05, 4.69) is 4.52 Å². The maximum absolute atomic E-state index is 10.4. The summed E-state index contributed by atoms with van der Waals surface area (Å²) in [5.74, 6) is -1.30. The molecule has 339 valence electrons. The van der Waals surface area contributed by atoms with Gasteiger partial charge in [0, 0.05) is 106 Å². The van der Waals surface area contributed by atoms with Gasteiger partial charge < -0.3 is 103 Å². The van der Waals surface area contributed by atoms with Gasteiger partial charge in [0.1, 0.15) is 48.8 Å². The van der Waals surface area contributed by atoms with Crippen LogP contribution in [0.2, 0.25) is 0 Å². The molecule has 4 fully saturated rings. The molecular formula is C32H65O22PWY. The molecule has 25 heteroatoms. The standard InChI is InChI=1S/C8H17O7P.3C8H16O5.W.Y/c1-4-6(9)7(10)5(3-14-16(11)12)15-8(4)13-2;3*1-4-6(10)7(11)5(3-9)13-8(4)12-2;;/h4-10,16H,3H2,1-2H3,(H,11,12);3*4-11H,3H2,1-2H3;;. The Morgan fingerprint density at radius 1 is 0.456 bits per heavy atom. The van der Waals surface area contributed by atoms with Gasteiger partial charge in [-0.15, -0.1) is 0 Å². The summed E-state index contributed by atoms with van der Waals surface area (Å²) in [6.45, 7) is 5.58. The van der Waals surface area contributed by atoms with Crippen LogP contribution in [-0.2, 0) is 101 Å². The Morgan fingerprint density at radius 2 is 0.667 bits per heavy atom. The van der Waals surface area contributed by atoms with Crippen molar-refractivity contribution in [2.24, 2.45) is 23.7 Å². The van der Waals surface area contributed by atoms with Gasteiger partial charge in [-0.1, -0.05) is 27.7 Å². The van der Waals surface area contributed by atoms with Crippen molar-refractivity contribution in [2.45, 2.75) is 126 Å². The maximum atomic E-state index is 10.4. The minimum atomic E-state index is -3.07. The molecule has 4 saturated heterocycles. The molecule has 57 heavy (non-hydrogen) atoms. The molecule has 0 amide bonds. The van der Waals surface area contributed by atoms with Gasteiger partial charge in [0.25, 0.3) is 0 Å². The number of hydrogen-bond donors (Lipinski definition) is 12. The Morgan fingerprint density at radius 3 is 0.860 bits per heavy atom. The molecule has 0 aliphatic carbocycles. The van der Waals surface area contributed by atoms with E-state index < -0.39 is 107 Å². The summed E-state index contributed by atoms with van der Waals surface area (Å²) in [5.41, 5.74) is 0. The fourth-order valence-electron chi connectivity index (χ4n) is 6.10. The van der Waals surface area contributed by atoms with E-state index >= 15 is 0 Å². The molecule has 0 aromatic heterocycles. The Balaban J connectivity index is 0. The average Bonchev–Trinajstić information content (AvgIpc) is 3.18. The number of hydrogen-bond acceptors (Lipinski definition) is 21. The van der Waals surface area contributed by atoms with E-state index in [-0.39, 0.29) is 104 Å². The zero-order valence-corrected chi connectivity index (χ0v) is 40.1. The third kappa shape index (κ3) is 17.3. The van der Waals surface area contributed by atoms with E-state index in [1.165, 1.54) is 28.4 Å². The minimum absolute atomic E-state index is 0. The molecule has 4 rings (SSSR count). The molecule has 0 spiro atoms. The van der Waals surface area contributed by atoms with E-state index in [9.17, 15) is 45.4 Å². The van der Waals surface area contributed by atoms with Crippen LogP contribution in [0.25, 0.3) is 0 Å². The van der Waals surface area contributed by atoms with Gasteiger partial charge in [-0.25, -0.2) is 0 Å². The van der Waals surface area contributed by atoms with Crippen LogP contribution in [0.3, 0.4) is 0 Å². The van der Waals surface area contributed by atoms with Gasteiger partial charge in [0.15, 0.2) is 25.2 Å². The molecule has 21 atom stereocenters. The summed E-state index contributed by atoms with van der Waals surface area (Å²) in [7, 11) is 2.72. The van der Waals surface area contributed by atoms with Crippen LogP contribution < -0.4 is 0 Å². The smallest absolute Gasteiger partial charge is 0.316 e. The van der Waals surface area contributed by atoms with Crippen LogP contribution >= 0.6 is 8.25 Å². The van der Waals surface area contributed by atoms with Crippen LogP contribution in [0.1, 0.15) is 27.7 Å².